The van der Waals surface area contributed by atoms with Crippen LogP contribution in [0.1, 0.15) is 21.5 Å². The van der Waals surface area contributed by atoms with Gasteiger partial charge < -0.3 is 10.1 Å². The molecular weight excluding hydrogens is 337 g/mol. The zero-order chi connectivity index (χ0) is 15.6. The fraction of sp³-hybridized carbons (Fsp3) is 0.188. The monoisotopic (exact) mass is 351 g/mol. The van der Waals surface area contributed by atoms with Crippen molar-refractivity contribution >= 4 is 27.5 Å². The Balaban J connectivity index is 2.36. The number of amides is 1. The Bertz CT molecular complexity index is 701. The van der Waals surface area contributed by atoms with E-state index >= 15 is 0 Å². The third-order valence-electron chi connectivity index (χ3n) is 3.09. The number of carbonyl (C=O) groups is 1. The van der Waals surface area contributed by atoms with E-state index in [1.165, 1.54) is 19.2 Å². The van der Waals surface area contributed by atoms with Crippen LogP contribution in [0, 0.1) is 19.7 Å². The van der Waals surface area contributed by atoms with Gasteiger partial charge in [0.15, 0.2) is 0 Å². The third-order valence-corrected chi connectivity index (χ3v) is 3.55. The van der Waals surface area contributed by atoms with Gasteiger partial charge in [-0.15, -0.1) is 0 Å². The van der Waals surface area contributed by atoms with E-state index in [0.717, 1.165) is 15.6 Å². The van der Waals surface area contributed by atoms with Crippen LogP contribution in [-0.2, 0) is 0 Å². The summed E-state index contributed by atoms with van der Waals surface area (Å²) in [7, 11) is 1.52. The summed E-state index contributed by atoms with van der Waals surface area (Å²) in [5.41, 5.74) is 2.12. The van der Waals surface area contributed by atoms with E-state index in [2.05, 4.69) is 21.2 Å². The topological polar surface area (TPSA) is 38.3 Å². The number of ether oxygens (including phenoxy) is 1. The number of aryl methyl sites for hydroxylation is 2. The van der Waals surface area contributed by atoms with Gasteiger partial charge in [-0.3, -0.25) is 4.79 Å². The largest absolute Gasteiger partial charge is 0.495 e. The van der Waals surface area contributed by atoms with Crippen LogP contribution < -0.4 is 10.1 Å². The van der Waals surface area contributed by atoms with Gasteiger partial charge in [-0.1, -0.05) is 22.0 Å². The smallest absolute Gasteiger partial charge is 0.258 e. The van der Waals surface area contributed by atoms with E-state index in [4.69, 9.17) is 4.74 Å². The minimum Gasteiger partial charge on any atom is -0.495 e. The SMILES string of the molecule is COc1cc(Br)cc(C)c1NC(=O)c1ccc(C)cc1F. The Morgan fingerprint density at radius 1 is 1.24 bits per heavy atom. The molecule has 0 unspecified atom stereocenters. The summed E-state index contributed by atoms with van der Waals surface area (Å²) in [5.74, 6) is -0.528. The predicted molar refractivity (Wildman–Crippen MR) is 84.5 cm³/mol. The quantitative estimate of drug-likeness (QED) is 0.885. The van der Waals surface area contributed by atoms with Crippen molar-refractivity contribution in [3.8, 4) is 5.75 Å². The minimum absolute atomic E-state index is 0.00460. The van der Waals surface area contributed by atoms with Gasteiger partial charge in [-0.05, 0) is 49.2 Å². The number of halogens is 2. The van der Waals surface area contributed by atoms with Crippen LogP contribution in [0.3, 0.4) is 0 Å². The van der Waals surface area contributed by atoms with Crippen molar-refractivity contribution in [2.24, 2.45) is 0 Å². The first-order valence-electron chi connectivity index (χ1n) is 6.34. The predicted octanol–water partition coefficient (Wildman–Crippen LogP) is 4.47. The van der Waals surface area contributed by atoms with E-state index in [9.17, 15) is 9.18 Å². The molecule has 3 nitrogen and oxygen atoms in total. The zero-order valence-electron chi connectivity index (χ0n) is 12.0. The molecule has 0 spiro atoms. The normalized spacial score (nSPS) is 10.3. The summed E-state index contributed by atoms with van der Waals surface area (Å²) in [6.07, 6.45) is 0. The first-order valence-corrected chi connectivity index (χ1v) is 7.13. The second-order valence-electron chi connectivity index (χ2n) is 4.74. The molecule has 110 valence electrons. The van der Waals surface area contributed by atoms with Crippen LogP contribution in [0.5, 0.6) is 5.75 Å². The highest BCUT2D eigenvalue weighted by Gasteiger charge is 2.16. The van der Waals surface area contributed by atoms with Gasteiger partial charge in [0.25, 0.3) is 5.91 Å². The number of hydrogen-bond acceptors (Lipinski definition) is 2. The summed E-state index contributed by atoms with van der Waals surface area (Å²) < 4.78 is 19.9. The van der Waals surface area contributed by atoms with E-state index in [1.807, 2.05) is 13.0 Å². The molecule has 0 bridgehead atoms. The van der Waals surface area contributed by atoms with Crippen LogP contribution in [0.25, 0.3) is 0 Å². The number of rotatable bonds is 3. The lowest BCUT2D eigenvalue weighted by Gasteiger charge is -2.14. The molecule has 0 saturated carbocycles. The zero-order valence-corrected chi connectivity index (χ0v) is 13.5. The van der Waals surface area contributed by atoms with Crippen molar-refractivity contribution in [2.45, 2.75) is 13.8 Å². The fourth-order valence-corrected chi connectivity index (χ4v) is 2.57. The molecule has 1 amide bonds. The summed E-state index contributed by atoms with van der Waals surface area (Å²) in [5, 5.41) is 2.71. The molecule has 5 heteroatoms. The van der Waals surface area contributed by atoms with E-state index in [1.54, 1.807) is 19.1 Å². The summed E-state index contributed by atoms with van der Waals surface area (Å²) in [4.78, 5) is 12.2. The molecule has 21 heavy (non-hydrogen) atoms. The summed E-state index contributed by atoms with van der Waals surface area (Å²) in [6, 6.07) is 8.10. The van der Waals surface area contributed by atoms with Gasteiger partial charge in [0.1, 0.15) is 11.6 Å². The van der Waals surface area contributed by atoms with Crippen LogP contribution in [0.2, 0.25) is 0 Å². The van der Waals surface area contributed by atoms with Crippen LogP contribution in [-0.4, -0.2) is 13.0 Å². The number of anilines is 1. The molecule has 0 saturated heterocycles. The Labute approximate surface area is 131 Å². The number of benzene rings is 2. The lowest BCUT2D eigenvalue weighted by Crippen LogP contribution is -2.15. The van der Waals surface area contributed by atoms with E-state index in [-0.39, 0.29) is 5.56 Å². The average Bonchev–Trinajstić information content (AvgIpc) is 2.41. The second-order valence-corrected chi connectivity index (χ2v) is 5.65. The first kappa shape index (κ1) is 15.5. The molecule has 0 aromatic heterocycles. The standard InChI is InChI=1S/C16H15BrFNO2/c1-9-4-5-12(13(18)6-9)16(20)19-15-10(2)7-11(17)8-14(15)21-3/h4-8H,1-3H3,(H,19,20). The number of methoxy groups -OCH3 is 1. The first-order chi connectivity index (χ1) is 9.92. The Morgan fingerprint density at radius 2 is 1.95 bits per heavy atom. The number of nitrogens with one attached hydrogen (secondary N) is 1. The van der Waals surface area contributed by atoms with E-state index < -0.39 is 11.7 Å². The maximum atomic E-state index is 13.9. The van der Waals surface area contributed by atoms with Crippen molar-refractivity contribution < 1.29 is 13.9 Å². The van der Waals surface area contributed by atoms with Gasteiger partial charge in [0, 0.05) is 4.47 Å². The van der Waals surface area contributed by atoms with Gasteiger partial charge in [0.2, 0.25) is 0 Å². The molecule has 0 aliphatic rings. The van der Waals surface area contributed by atoms with Gasteiger partial charge >= 0.3 is 0 Å². The highest BCUT2D eigenvalue weighted by atomic mass is 79.9. The molecule has 2 aromatic rings. The Morgan fingerprint density at radius 3 is 2.57 bits per heavy atom. The van der Waals surface area contributed by atoms with Gasteiger partial charge in [-0.25, -0.2) is 4.39 Å². The molecule has 2 rings (SSSR count). The highest BCUT2D eigenvalue weighted by Crippen LogP contribution is 2.32. The van der Waals surface area contributed by atoms with E-state index in [0.29, 0.717) is 11.4 Å². The molecule has 1 N–H and O–H groups in total. The maximum absolute atomic E-state index is 13.9. The second kappa shape index (κ2) is 6.26. The fourth-order valence-electron chi connectivity index (χ4n) is 2.02. The molecule has 0 atom stereocenters. The lowest BCUT2D eigenvalue weighted by atomic mass is 10.1. The third kappa shape index (κ3) is 3.42. The maximum Gasteiger partial charge on any atom is 0.258 e. The Kier molecular flexibility index (Phi) is 4.63. The van der Waals surface area contributed by atoms with Crippen molar-refractivity contribution in [3.05, 3.63) is 57.3 Å². The lowest BCUT2D eigenvalue weighted by molar-refractivity contribution is 0.102. The molecule has 0 radical (unpaired) electrons. The summed E-state index contributed by atoms with van der Waals surface area (Å²) in [6.45, 7) is 3.61. The molecule has 0 aliphatic heterocycles. The van der Waals surface area contributed by atoms with Crippen molar-refractivity contribution in [3.63, 3.8) is 0 Å². The van der Waals surface area contributed by atoms with Crippen LogP contribution in [0.4, 0.5) is 10.1 Å². The number of hydrogen-bond donors (Lipinski definition) is 1. The van der Waals surface area contributed by atoms with Crippen LogP contribution in [0.15, 0.2) is 34.8 Å². The molecule has 0 heterocycles. The average molecular weight is 352 g/mol. The van der Waals surface area contributed by atoms with Crippen LogP contribution >= 0.6 is 15.9 Å². The molecular formula is C16H15BrFNO2. The van der Waals surface area contributed by atoms with Gasteiger partial charge in [0.05, 0.1) is 18.4 Å². The molecule has 0 aliphatic carbocycles. The Hall–Kier alpha value is -1.88. The number of carbonyl (C=O) groups excluding carboxylic acids is 1. The van der Waals surface area contributed by atoms with Crippen molar-refractivity contribution in [1.82, 2.24) is 0 Å². The van der Waals surface area contributed by atoms with Crippen molar-refractivity contribution in [1.29, 1.82) is 0 Å². The van der Waals surface area contributed by atoms with Gasteiger partial charge in [-0.2, -0.15) is 0 Å². The highest BCUT2D eigenvalue weighted by molar-refractivity contribution is 9.10. The molecule has 0 fully saturated rings. The minimum atomic E-state index is -0.541. The molecule has 2 aromatic carbocycles. The summed E-state index contributed by atoms with van der Waals surface area (Å²) >= 11 is 3.37. The van der Waals surface area contributed by atoms with Crippen molar-refractivity contribution in [2.75, 3.05) is 12.4 Å².